The highest BCUT2D eigenvalue weighted by molar-refractivity contribution is 6.08. The van der Waals surface area contributed by atoms with Crippen molar-refractivity contribution in [3.8, 4) is 11.8 Å². The van der Waals surface area contributed by atoms with Crippen molar-refractivity contribution in [3.63, 3.8) is 0 Å². The number of benzene rings is 1. The first kappa shape index (κ1) is 19.6. The van der Waals surface area contributed by atoms with E-state index in [9.17, 15) is 14.4 Å². The SMILES string of the molecule is [2H]C(C)OC(=O)C(CNC(=O)C#CC(=O)Nc1ccc(C(=N)N)cc1)c1ccn[nH]1. The Morgan fingerprint density at radius 3 is 2.55 bits per heavy atom. The van der Waals surface area contributed by atoms with Gasteiger partial charge in [0.05, 0.1) is 13.6 Å². The number of nitrogens with zero attached hydrogens (tertiary/aromatic N) is 1. The molecule has 2 unspecified atom stereocenters. The Kier molecular flexibility index (Phi) is 6.95. The molecular weight excluding hydrogens is 376 g/mol. The van der Waals surface area contributed by atoms with Crippen molar-refractivity contribution in [1.29, 1.82) is 5.41 Å². The molecule has 2 amide bonds. The lowest BCUT2D eigenvalue weighted by atomic mass is 10.1. The molecule has 0 radical (unpaired) electrons. The first-order valence-corrected chi connectivity index (χ1v) is 8.43. The van der Waals surface area contributed by atoms with E-state index in [4.69, 9.17) is 17.3 Å². The molecule has 0 saturated heterocycles. The minimum atomic E-state index is -1.06. The van der Waals surface area contributed by atoms with Crippen LogP contribution in [-0.2, 0) is 19.1 Å². The molecule has 10 nitrogen and oxygen atoms in total. The Morgan fingerprint density at radius 2 is 1.97 bits per heavy atom. The van der Waals surface area contributed by atoms with Gasteiger partial charge in [-0.05, 0) is 37.3 Å². The van der Waals surface area contributed by atoms with Gasteiger partial charge in [0.25, 0.3) is 5.91 Å². The fourth-order valence-corrected chi connectivity index (χ4v) is 2.23. The van der Waals surface area contributed by atoms with E-state index in [1.807, 2.05) is 0 Å². The standard InChI is InChI=1S/C19H20N6O4/c1-2-29-19(28)14(15-9-10-23-25-15)11-22-16(26)7-8-17(27)24-13-5-3-12(4-6-13)18(20)21/h3-6,9-10,14H,2,11H2,1H3,(H3,20,21)(H,22,26)(H,23,25)(H,24,27)/i2D. The fraction of sp³-hybridized carbons (Fsp3) is 0.211. The predicted molar refractivity (Wildman–Crippen MR) is 105 cm³/mol. The van der Waals surface area contributed by atoms with Crippen molar-refractivity contribution < 1.29 is 20.5 Å². The highest BCUT2D eigenvalue weighted by Crippen LogP contribution is 2.13. The van der Waals surface area contributed by atoms with Crippen molar-refractivity contribution in [3.05, 3.63) is 47.8 Å². The van der Waals surface area contributed by atoms with Crippen molar-refractivity contribution >= 4 is 29.3 Å². The molecule has 1 aromatic heterocycles. The number of amides is 2. The number of carbonyl (C=O) groups is 3. The molecule has 2 aromatic rings. The number of hydrogen-bond acceptors (Lipinski definition) is 6. The highest BCUT2D eigenvalue weighted by atomic mass is 16.5. The molecule has 2 rings (SSSR count). The summed E-state index contributed by atoms with van der Waals surface area (Å²) in [5, 5.41) is 18.6. The number of nitrogens with one attached hydrogen (secondary N) is 4. The highest BCUT2D eigenvalue weighted by Gasteiger charge is 2.23. The van der Waals surface area contributed by atoms with E-state index in [0.717, 1.165) is 0 Å². The normalized spacial score (nSPS) is 12.4. The van der Waals surface area contributed by atoms with Crippen LogP contribution >= 0.6 is 0 Å². The number of H-pyrrole nitrogens is 1. The largest absolute Gasteiger partial charge is 0.465 e. The maximum atomic E-state index is 12.1. The third kappa shape index (κ3) is 6.51. The molecular formula is C19H20N6O4. The number of hydrogen-bond donors (Lipinski definition) is 5. The maximum absolute atomic E-state index is 12.1. The number of nitrogens with two attached hydrogens (primary N) is 1. The van der Waals surface area contributed by atoms with E-state index in [1.165, 1.54) is 13.1 Å². The smallest absolute Gasteiger partial charge is 0.316 e. The van der Waals surface area contributed by atoms with E-state index in [-0.39, 0.29) is 12.4 Å². The van der Waals surface area contributed by atoms with E-state index in [0.29, 0.717) is 16.9 Å². The van der Waals surface area contributed by atoms with Gasteiger partial charge in [0, 0.05) is 35.8 Å². The summed E-state index contributed by atoms with van der Waals surface area (Å²) in [7, 11) is 0. The van der Waals surface area contributed by atoms with Gasteiger partial charge >= 0.3 is 11.9 Å². The van der Waals surface area contributed by atoms with Gasteiger partial charge in [0.1, 0.15) is 11.8 Å². The summed E-state index contributed by atoms with van der Waals surface area (Å²) < 4.78 is 12.2. The Bertz CT molecular complexity index is 977. The van der Waals surface area contributed by atoms with E-state index < -0.39 is 30.3 Å². The molecule has 0 aliphatic rings. The van der Waals surface area contributed by atoms with Crippen molar-refractivity contribution in [2.45, 2.75) is 12.8 Å². The minimum absolute atomic E-state index is 0.0983. The lowest BCUT2D eigenvalue weighted by Crippen LogP contribution is -2.32. The lowest BCUT2D eigenvalue weighted by Gasteiger charge is -2.13. The van der Waals surface area contributed by atoms with Gasteiger partial charge in [0.2, 0.25) is 0 Å². The average Bonchev–Trinajstić information content (AvgIpc) is 3.21. The van der Waals surface area contributed by atoms with Crippen molar-refractivity contribution in [1.82, 2.24) is 15.5 Å². The Hall–Kier alpha value is -4.13. The van der Waals surface area contributed by atoms with Crippen LogP contribution in [0.3, 0.4) is 0 Å². The topological polar surface area (TPSA) is 163 Å². The first-order chi connectivity index (χ1) is 14.3. The number of carbonyl (C=O) groups excluding carboxylic acids is 3. The van der Waals surface area contributed by atoms with Crippen LogP contribution in [-0.4, -0.2) is 46.9 Å². The van der Waals surface area contributed by atoms with Gasteiger partial charge in [0.15, 0.2) is 0 Å². The van der Waals surface area contributed by atoms with Gasteiger partial charge in [-0.2, -0.15) is 5.10 Å². The second-order valence-electron chi connectivity index (χ2n) is 5.64. The summed E-state index contributed by atoms with van der Waals surface area (Å²) in [5.74, 6) is 1.08. The summed E-state index contributed by atoms with van der Waals surface area (Å²) in [6, 6.07) is 7.76. The molecule has 29 heavy (non-hydrogen) atoms. The van der Waals surface area contributed by atoms with Gasteiger partial charge in [-0.25, -0.2) is 0 Å². The van der Waals surface area contributed by atoms with Gasteiger partial charge in [-0.15, -0.1) is 0 Å². The van der Waals surface area contributed by atoms with Crippen LogP contribution < -0.4 is 16.4 Å². The number of esters is 1. The summed E-state index contributed by atoms with van der Waals surface area (Å²) in [6.45, 7) is 0.166. The van der Waals surface area contributed by atoms with E-state index in [1.54, 1.807) is 30.3 Å². The van der Waals surface area contributed by atoms with Crippen LogP contribution in [0.15, 0.2) is 36.5 Å². The zero-order chi connectivity index (χ0) is 22.1. The number of ether oxygens (including phenoxy) is 1. The summed E-state index contributed by atoms with van der Waals surface area (Å²) in [6.07, 6.45) is 1.44. The Labute approximate surface area is 168 Å². The van der Waals surface area contributed by atoms with Gasteiger partial charge in [-0.3, -0.25) is 24.9 Å². The number of anilines is 1. The van der Waals surface area contributed by atoms with Crippen LogP contribution in [0.2, 0.25) is 0 Å². The second-order valence-corrected chi connectivity index (χ2v) is 5.64. The molecule has 0 aliphatic carbocycles. The zero-order valence-electron chi connectivity index (χ0n) is 16.5. The fourth-order valence-electron chi connectivity index (χ4n) is 2.23. The molecule has 0 fully saturated rings. The van der Waals surface area contributed by atoms with Crippen LogP contribution in [0.1, 0.15) is 25.5 Å². The molecule has 150 valence electrons. The molecule has 1 heterocycles. The average molecular weight is 397 g/mol. The molecule has 0 spiro atoms. The number of nitrogen functional groups attached to an aromatic ring is 1. The number of aromatic nitrogens is 2. The van der Waals surface area contributed by atoms with Crippen LogP contribution in [0.4, 0.5) is 5.69 Å². The number of amidine groups is 1. The number of aromatic amines is 1. The molecule has 0 aliphatic heterocycles. The maximum Gasteiger partial charge on any atom is 0.316 e. The Morgan fingerprint density at radius 1 is 1.28 bits per heavy atom. The van der Waals surface area contributed by atoms with E-state index in [2.05, 4.69) is 32.7 Å². The molecule has 1 aromatic carbocycles. The predicted octanol–water partition coefficient (Wildman–Crippen LogP) is 0.0988. The van der Waals surface area contributed by atoms with Crippen molar-refractivity contribution in [2.75, 3.05) is 18.4 Å². The van der Waals surface area contributed by atoms with E-state index >= 15 is 0 Å². The van der Waals surface area contributed by atoms with Gasteiger partial charge in [-0.1, -0.05) is 0 Å². The van der Waals surface area contributed by atoms with Crippen LogP contribution in [0.25, 0.3) is 0 Å². The zero-order valence-corrected chi connectivity index (χ0v) is 15.5. The van der Waals surface area contributed by atoms with Crippen molar-refractivity contribution in [2.24, 2.45) is 5.73 Å². The first-order valence-electron chi connectivity index (χ1n) is 9.01. The third-order valence-electron chi connectivity index (χ3n) is 3.63. The lowest BCUT2D eigenvalue weighted by molar-refractivity contribution is -0.145. The third-order valence-corrected chi connectivity index (χ3v) is 3.63. The molecule has 0 bridgehead atoms. The Balaban J connectivity index is 1.92. The summed E-state index contributed by atoms with van der Waals surface area (Å²) in [4.78, 5) is 35.9. The van der Waals surface area contributed by atoms with Gasteiger partial charge < -0.3 is 21.1 Å². The molecule has 10 heteroatoms. The second kappa shape index (κ2) is 10.3. The minimum Gasteiger partial charge on any atom is -0.465 e. The molecule has 0 saturated carbocycles. The number of rotatable bonds is 7. The van der Waals surface area contributed by atoms with Crippen LogP contribution in [0.5, 0.6) is 0 Å². The monoisotopic (exact) mass is 397 g/mol. The molecule has 2 atom stereocenters. The molecule has 6 N–H and O–H groups in total. The summed E-state index contributed by atoms with van der Waals surface area (Å²) >= 11 is 0. The van der Waals surface area contributed by atoms with Crippen LogP contribution in [0, 0.1) is 17.3 Å². The quantitative estimate of drug-likeness (QED) is 0.192. The summed E-state index contributed by atoms with van der Waals surface area (Å²) in [5.41, 5.74) is 6.68.